The maximum atomic E-state index is 2.34. The molecule has 16 heavy (non-hydrogen) atoms. The van der Waals surface area contributed by atoms with Crippen molar-refractivity contribution < 1.29 is 1.43 Å². The molecule has 0 saturated heterocycles. The van der Waals surface area contributed by atoms with Crippen LogP contribution in [0.15, 0.2) is 35.9 Å². The molecule has 0 amide bonds. The lowest BCUT2D eigenvalue weighted by molar-refractivity contribution is 0.410. The second-order valence-corrected chi connectivity index (χ2v) is 5.51. The van der Waals surface area contributed by atoms with E-state index in [9.17, 15) is 0 Å². The molecule has 0 aliphatic heterocycles. The molecule has 1 aliphatic carbocycles. The minimum absolute atomic E-state index is 0. The van der Waals surface area contributed by atoms with Crippen LogP contribution in [0.1, 0.15) is 39.2 Å². The maximum absolute atomic E-state index is 2.34. The molecule has 1 aromatic carbocycles. The van der Waals surface area contributed by atoms with Crippen LogP contribution in [0, 0.1) is 18.8 Å². The third-order valence-corrected chi connectivity index (χ3v) is 3.50. The highest BCUT2D eigenvalue weighted by Crippen LogP contribution is 2.40. The molecule has 0 nitrogen and oxygen atoms in total. The van der Waals surface area contributed by atoms with Gasteiger partial charge in [0.2, 0.25) is 0 Å². The summed E-state index contributed by atoms with van der Waals surface area (Å²) in [5, 5.41) is 0. The van der Waals surface area contributed by atoms with E-state index in [-0.39, 0.29) is 1.43 Å². The van der Waals surface area contributed by atoms with Crippen LogP contribution in [0.3, 0.4) is 0 Å². The molecule has 0 N–H and O–H groups in total. The van der Waals surface area contributed by atoms with E-state index in [0.29, 0.717) is 5.41 Å². The summed E-state index contributed by atoms with van der Waals surface area (Å²) in [6.07, 6.45) is 8.25. The lowest BCUT2D eigenvalue weighted by atomic mass is 9.84. The third kappa shape index (κ3) is 2.98. The van der Waals surface area contributed by atoms with E-state index in [2.05, 4.69) is 57.5 Å². The first-order chi connectivity index (χ1) is 7.58. The van der Waals surface area contributed by atoms with Gasteiger partial charge in [-0.25, -0.2) is 0 Å². The Kier molecular flexibility index (Phi) is 3.18. The van der Waals surface area contributed by atoms with Crippen molar-refractivity contribution in [3.63, 3.8) is 0 Å². The van der Waals surface area contributed by atoms with Gasteiger partial charge in [-0.3, -0.25) is 0 Å². The van der Waals surface area contributed by atoms with Gasteiger partial charge in [-0.1, -0.05) is 55.3 Å². The third-order valence-electron chi connectivity index (χ3n) is 3.50. The van der Waals surface area contributed by atoms with E-state index in [0.717, 1.165) is 0 Å². The van der Waals surface area contributed by atoms with Gasteiger partial charge in [-0.05, 0) is 37.2 Å². The van der Waals surface area contributed by atoms with Crippen molar-refractivity contribution >= 4 is 0 Å². The summed E-state index contributed by atoms with van der Waals surface area (Å²) in [6.45, 7) is 6.83. The Morgan fingerprint density at radius 3 is 2.31 bits per heavy atom. The Morgan fingerprint density at radius 1 is 1.12 bits per heavy atom. The predicted molar refractivity (Wildman–Crippen MR) is 72.4 cm³/mol. The highest BCUT2D eigenvalue weighted by Gasteiger charge is 2.27. The minimum Gasteiger partial charge on any atom is -0.0760 e. The summed E-state index contributed by atoms with van der Waals surface area (Å²) in [5.41, 5.74) is 4.75. The van der Waals surface area contributed by atoms with Gasteiger partial charge in [-0.2, -0.15) is 0 Å². The fourth-order valence-corrected chi connectivity index (χ4v) is 2.13. The summed E-state index contributed by atoms with van der Waals surface area (Å²) in [7, 11) is 0. The molecule has 0 heterocycles. The topological polar surface area (TPSA) is 0 Å². The molecule has 87 valence electrons. The average molecular weight is 215 g/mol. The van der Waals surface area contributed by atoms with Crippen molar-refractivity contribution in [3.8, 4) is 0 Å². The molecule has 1 radical (unpaired) electrons. The zero-order valence-electron chi connectivity index (χ0n) is 10.6. The fourth-order valence-electron chi connectivity index (χ4n) is 2.13. The summed E-state index contributed by atoms with van der Waals surface area (Å²) in [6, 6.07) is 8.92. The van der Waals surface area contributed by atoms with Gasteiger partial charge < -0.3 is 0 Å². The van der Waals surface area contributed by atoms with E-state index in [1.54, 1.807) is 0 Å². The maximum Gasteiger partial charge on any atom is 0.00860 e. The molecule has 2 rings (SSSR count). The largest absolute Gasteiger partial charge is 0.0760 e. The Labute approximate surface area is 101 Å². The molecule has 0 spiro atoms. The van der Waals surface area contributed by atoms with Gasteiger partial charge in [0.05, 0.1) is 0 Å². The number of aryl methyl sites for hydroxylation is 2. The van der Waals surface area contributed by atoms with E-state index >= 15 is 0 Å². The molecule has 0 heteroatoms. The molecule has 1 aromatic rings. The zero-order chi connectivity index (χ0) is 11.6. The van der Waals surface area contributed by atoms with Crippen molar-refractivity contribution in [2.45, 2.75) is 40.0 Å². The molecule has 0 aromatic heterocycles. The van der Waals surface area contributed by atoms with E-state index in [4.69, 9.17) is 0 Å². The average Bonchev–Trinajstić information content (AvgIpc) is 3.04. The van der Waals surface area contributed by atoms with Crippen LogP contribution in [0.2, 0.25) is 0 Å². The molecule has 0 fully saturated rings. The van der Waals surface area contributed by atoms with Crippen LogP contribution in [-0.4, -0.2) is 0 Å². The molecular formula is C16H23. The van der Waals surface area contributed by atoms with Gasteiger partial charge in [0.1, 0.15) is 0 Å². The predicted octanol–water partition coefficient (Wildman–Crippen LogP) is 4.73. The number of allylic oxidation sites excluding steroid dienone is 2. The lowest BCUT2D eigenvalue weighted by Gasteiger charge is -2.21. The Morgan fingerprint density at radius 2 is 1.75 bits per heavy atom. The van der Waals surface area contributed by atoms with Crippen LogP contribution in [0.25, 0.3) is 0 Å². The van der Waals surface area contributed by atoms with Gasteiger partial charge in [0.25, 0.3) is 0 Å². The number of hydrogen-bond acceptors (Lipinski definition) is 0. The van der Waals surface area contributed by atoms with Crippen molar-refractivity contribution in [1.29, 1.82) is 0 Å². The van der Waals surface area contributed by atoms with Gasteiger partial charge in [-0.15, -0.1) is 0 Å². The van der Waals surface area contributed by atoms with Crippen molar-refractivity contribution in [2.75, 3.05) is 0 Å². The fraction of sp³-hybridized carbons (Fsp3) is 0.438. The van der Waals surface area contributed by atoms with E-state index in [1.165, 1.54) is 36.0 Å². The van der Waals surface area contributed by atoms with E-state index in [1.807, 2.05) is 0 Å². The van der Waals surface area contributed by atoms with Gasteiger partial charge in [0.15, 0.2) is 0 Å². The minimum atomic E-state index is 0. The van der Waals surface area contributed by atoms with Crippen molar-refractivity contribution in [1.82, 2.24) is 0 Å². The zero-order valence-corrected chi connectivity index (χ0v) is 10.6. The number of benzene rings is 1. The molecular weight excluding hydrogens is 192 g/mol. The molecule has 0 saturated carbocycles. The van der Waals surface area contributed by atoms with Crippen LogP contribution >= 0.6 is 0 Å². The standard InChI is InChI=1S/C16H21.H2/c1-13-6-8-14(9-7-13)5-4-12-16(2,3)15-10-11-15;/h6-11H,4-5,12H2,1-3H3;1H. The van der Waals surface area contributed by atoms with Crippen LogP contribution < -0.4 is 0 Å². The molecule has 0 bridgehead atoms. The van der Waals surface area contributed by atoms with Crippen LogP contribution in [0.4, 0.5) is 0 Å². The van der Waals surface area contributed by atoms with Crippen LogP contribution in [-0.2, 0) is 6.42 Å². The lowest BCUT2D eigenvalue weighted by Crippen LogP contribution is -2.09. The Bertz CT molecular complexity index is 384. The first kappa shape index (κ1) is 11.4. The Hall–Kier alpha value is -1.04. The van der Waals surface area contributed by atoms with Gasteiger partial charge in [0, 0.05) is 7.85 Å². The molecule has 0 atom stereocenters. The van der Waals surface area contributed by atoms with Gasteiger partial charge >= 0.3 is 0 Å². The summed E-state index contributed by atoms with van der Waals surface area (Å²) in [5.74, 6) is 0. The normalized spacial score (nSPS) is 14.8. The number of hydrogen-bond donors (Lipinski definition) is 0. The second-order valence-electron chi connectivity index (χ2n) is 5.51. The highest BCUT2D eigenvalue weighted by molar-refractivity contribution is 5.43. The summed E-state index contributed by atoms with van der Waals surface area (Å²) in [4.78, 5) is 0. The Balaban J connectivity index is 0.00000144. The SMILES string of the molecule is Cc1ccc(CCCC(C)(C)C2=C[CH]2)cc1.[HH]. The monoisotopic (exact) mass is 215 g/mol. The molecule has 1 aliphatic rings. The summed E-state index contributed by atoms with van der Waals surface area (Å²) >= 11 is 0. The quantitative estimate of drug-likeness (QED) is 0.666. The first-order valence-electron chi connectivity index (χ1n) is 6.19. The van der Waals surface area contributed by atoms with Crippen molar-refractivity contribution in [3.05, 3.63) is 53.5 Å². The second kappa shape index (κ2) is 4.45. The van der Waals surface area contributed by atoms with Crippen molar-refractivity contribution in [2.24, 2.45) is 5.41 Å². The van der Waals surface area contributed by atoms with E-state index < -0.39 is 0 Å². The first-order valence-corrected chi connectivity index (χ1v) is 6.19. The van der Waals surface area contributed by atoms with Crippen LogP contribution in [0.5, 0.6) is 0 Å². The smallest absolute Gasteiger partial charge is 0.00860 e. The highest BCUT2D eigenvalue weighted by atomic mass is 14.3. The number of rotatable bonds is 5. The molecule has 0 unspecified atom stereocenters. The summed E-state index contributed by atoms with van der Waals surface area (Å²) < 4.78 is 0.